The number of nitrogens with zero attached hydrogens (tertiary/aromatic N) is 1. The van der Waals surface area contributed by atoms with Crippen LogP contribution >= 0.6 is 0 Å². The average molecular weight is 554 g/mol. The molecule has 41 heavy (non-hydrogen) atoms. The first-order valence-corrected chi connectivity index (χ1v) is 13.3. The Labute approximate surface area is 238 Å². The molecule has 0 saturated heterocycles. The molecular weight excluding hydrogens is 521 g/mol. The Morgan fingerprint density at radius 2 is 1.54 bits per heavy atom. The van der Waals surface area contributed by atoms with E-state index in [0.717, 1.165) is 23.3 Å². The Kier molecular flexibility index (Phi) is 9.47. The summed E-state index contributed by atoms with van der Waals surface area (Å²) in [5.74, 6) is -1.31. The van der Waals surface area contributed by atoms with E-state index < -0.39 is 29.6 Å². The maximum Gasteiger partial charge on any atom is 0.252 e. The van der Waals surface area contributed by atoms with Crippen LogP contribution in [0.1, 0.15) is 48.3 Å². The van der Waals surface area contributed by atoms with Crippen molar-refractivity contribution in [2.45, 2.75) is 39.3 Å². The molecule has 0 aliphatic heterocycles. The molecule has 0 bridgehead atoms. The van der Waals surface area contributed by atoms with Gasteiger partial charge in [0.1, 0.15) is 17.6 Å². The second-order valence-corrected chi connectivity index (χ2v) is 9.89. The average Bonchev–Trinajstić information content (AvgIpc) is 3.49. The molecule has 7 nitrogen and oxygen atoms in total. The highest BCUT2D eigenvalue weighted by Crippen LogP contribution is 2.30. The smallest absolute Gasteiger partial charge is 0.252 e. The second kappa shape index (κ2) is 13.4. The molecule has 210 valence electrons. The van der Waals surface area contributed by atoms with Gasteiger partial charge in [-0.05, 0) is 72.5 Å². The largest absolute Gasteiger partial charge is 0.467 e. The van der Waals surface area contributed by atoms with Gasteiger partial charge in [-0.2, -0.15) is 0 Å². The molecule has 1 unspecified atom stereocenters. The summed E-state index contributed by atoms with van der Waals surface area (Å²) in [4.78, 5) is 41.4. The number of halogens is 1. The molecule has 1 aromatic heterocycles. The van der Waals surface area contributed by atoms with Gasteiger partial charge < -0.3 is 15.1 Å². The first kappa shape index (κ1) is 29.0. The highest BCUT2D eigenvalue weighted by atomic mass is 19.1. The van der Waals surface area contributed by atoms with E-state index in [4.69, 9.17) is 4.42 Å². The lowest BCUT2D eigenvalue weighted by Gasteiger charge is -2.31. The fourth-order valence-electron chi connectivity index (χ4n) is 4.22. The summed E-state index contributed by atoms with van der Waals surface area (Å²) in [6.07, 6.45) is 3.74. The molecule has 1 atom stereocenters. The van der Waals surface area contributed by atoms with Crippen LogP contribution in [0, 0.1) is 12.7 Å². The van der Waals surface area contributed by atoms with Crippen LogP contribution in [0.4, 0.5) is 15.8 Å². The van der Waals surface area contributed by atoms with Crippen molar-refractivity contribution in [2.75, 3.05) is 10.2 Å². The molecule has 0 aliphatic rings. The fourth-order valence-corrected chi connectivity index (χ4v) is 4.22. The van der Waals surface area contributed by atoms with E-state index in [2.05, 4.69) is 24.5 Å². The third-order valence-electron chi connectivity index (χ3n) is 6.48. The van der Waals surface area contributed by atoms with Crippen LogP contribution in [0.25, 0.3) is 0 Å². The van der Waals surface area contributed by atoms with Gasteiger partial charge in [0, 0.05) is 23.5 Å². The molecule has 4 aromatic rings. The van der Waals surface area contributed by atoms with Crippen LogP contribution in [0.3, 0.4) is 0 Å². The van der Waals surface area contributed by atoms with Gasteiger partial charge in [-0.1, -0.05) is 55.8 Å². The molecule has 4 rings (SSSR count). The van der Waals surface area contributed by atoms with Crippen LogP contribution in [0.5, 0.6) is 0 Å². The van der Waals surface area contributed by atoms with Crippen molar-refractivity contribution in [1.82, 2.24) is 5.32 Å². The Hall–Kier alpha value is -4.98. The van der Waals surface area contributed by atoms with Crippen molar-refractivity contribution in [3.63, 3.8) is 0 Å². The summed E-state index contributed by atoms with van der Waals surface area (Å²) in [6, 6.07) is 22.2. The molecule has 0 saturated carbocycles. The van der Waals surface area contributed by atoms with E-state index >= 15 is 0 Å². The fraction of sp³-hybridized carbons (Fsp3) is 0.182. The van der Waals surface area contributed by atoms with Crippen LogP contribution in [0.2, 0.25) is 0 Å². The number of hydrogen-bond donors (Lipinski definition) is 2. The standard InChI is InChI=1S/C33H32FN3O4/c1-22(2)24-10-16-28(17-11-24)37(31(39)19-18-30(38)36-27-14-6-23(3)7-15-27)32(25-8-12-26(34)13-9-25)33(40)35-21-29-5-4-20-41-29/h4-20,22,32H,21H2,1-3H3,(H,35,40)(H,36,38)/b19-18-. The van der Waals surface area contributed by atoms with Crippen LogP contribution in [-0.4, -0.2) is 17.7 Å². The van der Waals surface area contributed by atoms with Crippen molar-refractivity contribution in [2.24, 2.45) is 0 Å². The lowest BCUT2D eigenvalue weighted by atomic mass is 10.0. The summed E-state index contributed by atoms with van der Waals surface area (Å²) in [5.41, 5.74) is 3.51. The Morgan fingerprint density at radius 1 is 0.878 bits per heavy atom. The van der Waals surface area contributed by atoms with E-state index in [9.17, 15) is 18.8 Å². The van der Waals surface area contributed by atoms with Crippen LogP contribution in [-0.2, 0) is 20.9 Å². The predicted octanol–water partition coefficient (Wildman–Crippen LogP) is 6.44. The van der Waals surface area contributed by atoms with Gasteiger partial charge in [-0.3, -0.25) is 19.3 Å². The molecule has 0 aliphatic carbocycles. The summed E-state index contributed by atoms with van der Waals surface area (Å²) in [7, 11) is 0. The molecule has 0 fully saturated rings. The Morgan fingerprint density at radius 3 is 2.15 bits per heavy atom. The Balaban J connectivity index is 1.69. The van der Waals surface area contributed by atoms with Gasteiger partial charge in [-0.25, -0.2) is 4.39 Å². The predicted molar refractivity (Wildman–Crippen MR) is 157 cm³/mol. The molecular formula is C33H32FN3O4. The lowest BCUT2D eigenvalue weighted by molar-refractivity contribution is -0.125. The van der Waals surface area contributed by atoms with E-state index in [1.807, 2.05) is 31.2 Å². The minimum Gasteiger partial charge on any atom is -0.467 e. The maximum absolute atomic E-state index is 13.8. The summed E-state index contributed by atoms with van der Waals surface area (Å²) in [6.45, 7) is 6.13. The normalized spacial score (nSPS) is 11.8. The number of furan rings is 1. The van der Waals surface area contributed by atoms with Crippen LogP contribution in [0.15, 0.2) is 108 Å². The Bertz CT molecular complexity index is 1490. The molecule has 8 heteroatoms. The van der Waals surface area contributed by atoms with E-state index in [1.54, 1.807) is 36.4 Å². The zero-order valence-electron chi connectivity index (χ0n) is 23.1. The maximum atomic E-state index is 13.8. The molecule has 2 N–H and O–H groups in total. The molecule has 0 radical (unpaired) electrons. The van der Waals surface area contributed by atoms with Gasteiger partial charge in [0.15, 0.2) is 0 Å². The number of rotatable bonds is 10. The van der Waals surface area contributed by atoms with E-state index in [1.165, 1.54) is 35.4 Å². The number of carbonyl (C=O) groups excluding carboxylic acids is 3. The number of anilines is 2. The number of benzene rings is 3. The second-order valence-electron chi connectivity index (χ2n) is 9.89. The van der Waals surface area contributed by atoms with Gasteiger partial charge in [0.05, 0.1) is 12.8 Å². The van der Waals surface area contributed by atoms with E-state index in [0.29, 0.717) is 22.7 Å². The summed E-state index contributed by atoms with van der Waals surface area (Å²) >= 11 is 0. The van der Waals surface area contributed by atoms with Crippen molar-refractivity contribution in [3.8, 4) is 0 Å². The van der Waals surface area contributed by atoms with Crippen LogP contribution < -0.4 is 15.5 Å². The number of amides is 3. The van der Waals surface area contributed by atoms with E-state index in [-0.39, 0.29) is 12.5 Å². The molecule has 1 heterocycles. The quantitative estimate of drug-likeness (QED) is 0.221. The number of aryl methyl sites for hydroxylation is 1. The highest BCUT2D eigenvalue weighted by molar-refractivity contribution is 6.10. The summed E-state index contributed by atoms with van der Waals surface area (Å²) < 4.78 is 19.2. The SMILES string of the molecule is Cc1ccc(NC(=O)/C=C\C(=O)N(c2ccc(C(C)C)cc2)C(C(=O)NCc2ccco2)c2ccc(F)cc2)cc1. The van der Waals surface area contributed by atoms with Crippen molar-refractivity contribution in [3.05, 3.63) is 132 Å². The minimum atomic E-state index is -1.17. The van der Waals surface area contributed by atoms with Gasteiger partial charge in [0.25, 0.3) is 5.91 Å². The summed E-state index contributed by atoms with van der Waals surface area (Å²) in [5, 5.41) is 5.53. The first-order chi connectivity index (χ1) is 19.7. The molecule has 3 aromatic carbocycles. The first-order valence-electron chi connectivity index (χ1n) is 13.3. The molecule has 3 amide bonds. The van der Waals surface area contributed by atoms with Gasteiger partial charge in [0.2, 0.25) is 11.8 Å². The third kappa shape index (κ3) is 7.79. The highest BCUT2D eigenvalue weighted by Gasteiger charge is 2.32. The van der Waals surface area contributed by atoms with Crippen molar-refractivity contribution in [1.29, 1.82) is 0 Å². The topological polar surface area (TPSA) is 91.7 Å². The zero-order valence-corrected chi connectivity index (χ0v) is 23.1. The number of carbonyl (C=O) groups is 3. The molecule has 0 spiro atoms. The van der Waals surface area contributed by atoms with Crippen molar-refractivity contribution < 1.29 is 23.2 Å². The van der Waals surface area contributed by atoms with Gasteiger partial charge in [-0.15, -0.1) is 0 Å². The van der Waals surface area contributed by atoms with Crippen molar-refractivity contribution >= 4 is 29.1 Å². The minimum absolute atomic E-state index is 0.0899. The number of hydrogen-bond acceptors (Lipinski definition) is 4. The third-order valence-corrected chi connectivity index (χ3v) is 6.48. The number of nitrogens with one attached hydrogen (secondary N) is 2. The zero-order chi connectivity index (χ0) is 29.4. The lowest BCUT2D eigenvalue weighted by Crippen LogP contribution is -2.43. The van der Waals surface area contributed by atoms with Gasteiger partial charge >= 0.3 is 0 Å². The monoisotopic (exact) mass is 553 g/mol.